The van der Waals surface area contributed by atoms with Gasteiger partial charge in [0.2, 0.25) is 5.95 Å². The zero-order chi connectivity index (χ0) is 26.2. The molecule has 2 aromatic carbocycles. The van der Waals surface area contributed by atoms with Crippen molar-refractivity contribution in [2.45, 2.75) is 63.6 Å². The summed E-state index contributed by atoms with van der Waals surface area (Å²) < 4.78 is 5.84. The molecule has 6 rings (SSSR count). The van der Waals surface area contributed by atoms with Crippen molar-refractivity contribution in [2.75, 3.05) is 37.2 Å². The lowest BCUT2D eigenvalue weighted by atomic mass is 10.0. The molecule has 1 aliphatic carbocycles. The van der Waals surface area contributed by atoms with Crippen LogP contribution >= 0.6 is 19.5 Å². The monoisotopic (exact) mass is 549 g/mol. The first-order chi connectivity index (χ1) is 18.4. The molecule has 2 bridgehead atoms. The Bertz CT molecular complexity index is 1300. The number of fused-ring (bicyclic) bond motifs is 3. The molecule has 3 aliphatic rings. The number of benzene rings is 2. The van der Waals surface area contributed by atoms with Crippen LogP contribution in [0.25, 0.3) is 0 Å². The fourth-order valence-electron chi connectivity index (χ4n) is 6.41. The second kappa shape index (κ2) is 11.1. The van der Waals surface area contributed by atoms with Crippen molar-refractivity contribution >= 4 is 48.0 Å². The second-order valence-electron chi connectivity index (χ2n) is 11.1. The summed E-state index contributed by atoms with van der Waals surface area (Å²) in [6, 6.07) is 15.1. The molecular weight excluding hydrogens is 513 g/mol. The van der Waals surface area contributed by atoms with Gasteiger partial charge in [0.15, 0.2) is 5.82 Å². The van der Waals surface area contributed by atoms with Crippen molar-refractivity contribution in [2.24, 2.45) is 0 Å². The van der Waals surface area contributed by atoms with E-state index in [1.807, 2.05) is 0 Å². The molecule has 0 radical (unpaired) electrons. The van der Waals surface area contributed by atoms with Gasteiger partial charge in [-0.1, -0.05) is 37.2 Å². The molecule has 3 unspecified atom stereocenters. The number of morpholine rings is 1. The number of nitrogens with zero attached hydrogens (tertiary/aromatic N) is 3. The average molecular weight is 550 g/mol. The zero-order valence-electron chi connectivity index (χ0n) is 22.5. The Labute approximate surface area is 232 Å². The lowest BCUT2D eigenvalue weighted by Gasteiger charge is -2.40. The van der Waals surface area contributed by atoms with Gasteiger partial charge in [0.05, 0.1) is 19.4 Å². The molecule has 0 spiro atoms. The molecule has 2 aliphatic heterocycles. The Hall–Kier alpha value is -2.24. The van der Waals surface area contributed by atoms with E-state index in [0.29, 0.717) is 34.9 Å². The van der Waals surface area contributed by atoms with Crippen LogP contribution in [-0.4, -0.2) is 59.5 Å². The molecule has 0 amide bonds. The smallest absolute Gasteiger partial charge is 0.229 e. The van der Waals surface area contributed by atoms with Crippen molar-refractivity contribution < 1.29 is 4.74 Å². The highest BCUT2D eigenvalue weighted by atomic mass is 35.5. The number of aryl methyl sites for hydroxylation is 3. The van der Waals surface area contributed by atoms with Crippen molar-refractivity contribution in [1.82, 2.24) is 14.9 Å². The van der Waals surface area contributed by atoms with Crippen LogP contribution in [0.1, 0.15) is 42.4 Å². The summed E-state index contributed by atoms with van der Waals surface area (Å²) in [4.78, 5) is 12.0. The molecule has 0 saturated carbocycles. The van der Waals surface area contributed by atoms with Gasteiger partial charge in [0.25, 0.3) is 0 Å². The number of rotatable bonds is 6. The van der Waals surface area contributed by atoms with E-state index in [2.05, 4.69) is 77.2 Å². The van der Waals surface area contributed by atoms with Crippen molar-refractivity contribution in [3.8, 4) is 0 Å². The number of halogens is 1. The van der Waals surface area contributed by atoms with Crippen LogP contribution in [0.5, 0.6) is 0 Å². The number of nitrogens with one attached hydrogen (secondary N) is 2. The zero-order valence-corrected chi connectivity index (χ0v) is 24.2. The molecule has 2 N–H and O–H groups in total. The van der Waals surface area contributed by atoms with Gasteiger partial charge in [-0.3, -0.25) is 4.90 Å². The summed E-state index contributed by atoms with van der Waals surface area (Å²) in [6.45, 7) is 8.47. The van der Waals surface area contributed by atoms with E-state index < -0.39 is 0 Å². The lowest BCUT2D eigenvalue weighted by molar-refractivity contribution is -0.0389. The number of aromatic nitrogens is 2. The van der Waals surface area contributed by atoms with Gasteiger partial charge in [0.1, 0.15) is 5.02 Å². The van der Waals surface area contributed by atoms with Crippen LogP contribution < -0.4 is 15.9 Å². The Balaban J connectivity index is 1.17. The minimum Gasteiger partial charge on any atom is -0.378 e. The average Bonchev–Trinajstić information content (AvgIpc) is 3.06. The molecule has 2 fully saturated rings. The first kappa shape index (κ1) is 26.0. The highest BCUT2D eigenvalue weighted by Gasteiger charge is 2.41. The highest BCUT2D eigenvalue weighted by Crippen LogP contribution is 2.36. The minimum absolute atomic E-state index is 0.276. The van der Waals surface area contributed by atoms with Crippen LogP contribution in [0.4, 0.5) is 23.1 Å². The number of anilines is 4. The molecule has 3 atom stereocenters. The van der Waals surface area contributed by atoms with Gasteiger partial charge >= 0.3 is 0 Å². The summed E-state index contributed by atoms with van der Waals surface area (Å²) >= 11 is 6.51. The largest absolute Gasteiger partial charge is 0.378 e. The van der Waals surface area contributed by atoms with E-state index in [-0.39, 0.29) is 7.92 Å². The molecule has 1 aromatic heterocycles. The number of ether oxygens (including phenoxy) is 1. The third-order valence-electron chi connectivity index (χ3n) is 8.31. The summed E-state index contributed by atoms with van der Waals surface area (Å²) in [5, 5.41) is 8.70. The Kier molecular flexibility index (Phi) is 7.59. The predicted molar refractivity (Wildman–Crippen MR) is 160 cm³/mol. The van der Waals surface area contributed by atoms with Crippen LogP contribution in [0, 0.1) is 6.92 Å². The van der Waals surface area contributed by atoms with Crippen LogP contribution in [0.3, 0.4) is 0 Å². The van der Waals surface area contributed by atoms with Gasteiger partial charge in [-0.05, 0) is 99.5 Å². The molecule has 200 valence electrons. The molecule has 38 heavy (non-hydrogen) atoms. The molecular formula is C30H37ClN5OP. The maximum absolute atomic E-state index is 6.51. The Morgan fingerprint density at radius 2 is 1.68 bits per heavy atom. The fraction of sp³-hybridized carbons (Fsp3) is 0.467. The second-order valence-corrected chi connectivity index (χ2v) is 13.8. The topological polar surface area (TPSA) is 62.3 Å². The quantitative estimate of drug-likeness (QED) is 0.274. The van der Waals surface area contributed by atoms with Gasteiger partial charge in [-0.25, -0.2) is 4.98 Å². The predicted octanol–water partition coefficient (Wildman–Crippen LogP) is 6.40. The summed E-state index contributed by atoms with van der Waals surface area (Å²) in [5.41, 5.74) is 6.23. The van der Waals surface area contributed by atoms with Crippen molar-refractivity contribution in [1.29, 1.82) is 0 Å². The maximum atomic E-state index is 6.51. The summed E-state index contributed by atoms with van der Waals surface area (Å²) in [5.74, 6) is 1.15. The Morgan fingerprint density at radius 1 is 0.921 bits per heavy atom. The van der Waals surface area contributed by atoms with Crippen LogP contribution in [-0.2, 0) is 17.6 Å². The van der Waals surface area contributed by atoms with Crippen LogP contribution in [0.15, 0.2) is 42.6 Å². The first-order valence-corrected chi connectivity index (χ1v) is 16.4. The third-order valence-corrected chi connectivity index (χ3v) is 9.92. The molecule has 2 saturated heterocycles. The molecule has 3 heterocycles. The summed E-state index contributed by atoms with van der Waals surface area (Å²) in [6.07, 6.45) is 8.95. The normalized spacial score (nSPS) is 23.2. The van der Waals surface area contributed by atoms with Gasteiger partial charge in [-0.2, -0.15) is 4.98 Å². The van der Waals surface area contributed by atoms with E-state index >= 15 is 0 Å². The molecule has 8 heteroatoms. The van der Waals surface area contributed by atoms with Gasteiger partial charge in [0, 0.05) is 29.5 Å². The van der Waals surface area contributed by atoms with E-state index in [1.54, 1.807) is 6.20 Å². The SMILES string of the molecule is Cc1ccc(Nc2nc(Nc3ccc4c(c3)CCC(N3C5CCC3COC5)CC4)ncc2Cl)c(P(C)C)c1. The summed E-state index contributed by atoms with van der Waals surface area (Å²) in [7, 11) is -0.276. The minimum atomic E-state index is -0.276. The van der Waals surface area contributed by atoms with Gasteiger partial charge in [-0.15, -0.1) is 0 Å². The van der Waals surface area contributed by atoms with Crippen LogP contribution in [0.2, 0.25) is 5.02 Å². The van der Waals surface area contributed by atoms with E-state index in [9.17, 15) is 0 Å². The lowest BCUT2D eigenvalue weighted by Crippen LogP contribution is -2.51. The Morgan fingerprint density at radius 3 is 2.45 bits per heavy atom. The van der Waals surface area contributed by atoms with E-state index in [0.717, 1.165) is 37.4 Å². The number of hydrogen-bond acceptors (Lipinski definition) is 6. The van der Waals surface area contributed by atoms with Crippen molar-refractivity contribution in [3.63, 3.8) is 0 Å². The standard InChI is InChI=1S/C30H37ClN5OP/c1-19-4-13-27(28(14-19)38(2)3)34-29-26(31)16-32-30(35-29)33-22-8-5-20-6-9-23(10-7-21(20)15-22)36-24-11-12-25(36)18-37-17-24/h4-5,8,13-16,23-25H,6-7,9-12,17-18H2,1-3H3,(H2,32,33,34,35). The molecule has 6 nitrogen and oxygen atoms in total. The van der Waals surface area contributed by atoms with E-state index in [4.69, 9.17) is 21.3 Å². The number of hydrogen-bond donors (Lipinski definition) is 2. The first-order valence-electron chi connectivity index (χ1n) is 13.8. The molecule has 3 aromatic rings. The third kappa shape index (κ3) is 5.42. The van der Waals surface area contributed by atoms with Crippen molar-refractivity contribution in [3.05, 3.63) is 64.3 Å². The van der Waals surface area contributed by atoms with E-state index in [1.165, 1.54) is 47.7 Å². The fourth-order valence-corrected chi connectivity index (χ4v) is 7.62. The van der Waals surface area contributed by atoms with Gasteiger partial charge < -0.3 is 15.4 Å². The highest BCUT2D eigenvalue weighted by molar-refractivity contribution is 7.64. The maximum Gasteiger partial charge on any atom is 0.229 e.